The van der Waals surface area contributed by atoms with Crippen LogP contribution in [-0.2, 0) is 4.43 Å². The Kier molecular flexibility index (Phi) is 9.96. The van der Waals surface area contributed by atoms with Crippen LogP contribution in [0.3, 0.4) is 0 Å². The molecule has 0 radical (unpaired) electrons. The predicted molar refractivity (Wildman–Crippen MR) is 103 cm³/mol. The average molecular weight is 351 g/mol. The highest BCUT2D eigenvalue weighted by Gasteiger charge is 2.26. The van der Waals surface area contributed by atoms with E-state index in [9.17, 15) is 4.79 Å². The predicted octanol–water partition coefficient (Wildman–Crippen LogP) is 6.13. The molecule has 4 heteroatoms. The maximum atomic E-state index is 11.3. The highest BCUT2D eigenvalue weighted by Crippen LogP contribution is 2.18. The summed E-state index contributed by atoms with van der Waals surface area (Å²) in [4.78, 5) is 11.3. The average Bonchev–Trinajstić information content (AvgIpc) is 2.53. The molecular formula is C20H34O3Si. The summed E-state index contributed by atoms with van der Waals surface area (Å²) >= 11 is 0. The molecule has 1 aromatic carbocycles. The summed E-state index contributed by atoms with van der Waals surface area (Å²) in [7, 11) is -2.16. The molecule has 0 atom stereocenters. The molecule has 0 amide bonds. The lowest BCUT2D eigenvalue weighted by atomic mass is 10.1. The summed E-state index contributed by atoms with van der Waals surface area (Å²) in [6.45, 7) is 8.73. The molecular weight excluding hydrogens is 316 g/mol. The Bertz CT molecular complexity index is 468. The van der Waals surface area contributed by atoms with Gasteiger partial charge in [0.15, 0.2) is 5.78 Å². The second-order valence-corrected chi connectivity index (χ2v) is 10.2. The Morgan fingerprint density at radius 2 is 1.46 bits per heavy atom. The highest BCUT2D eigenvalue weighted by atomic mass is 28.4. The minimum Gasteiger partial charge on any atom is -0.520 e. The molecule has 0 spiro atoms. The molecule has 0 fully saturated rings. The van der Waals surface area contributed by atoms with Crippen molar-refractivity contribution in [2.24, 2.45) is 0 Å². The molecule has 0 aromatic heterocycles. The smallest absolute Gasteiger partial charge is 0.392 e. The largest absolute Gasteiger partial charge is 0.520 e. The molecule has 0 aliphatic rings. The molecule has 0 heterocycles. The van der Waals surface area contributed by atoms with Gasteiger partial charge in [-0.15, -0.1) is 0 Å². The molecule has 136 valence electrons. The van der Waals surface area contributed by atoms with E-state index < -0.39 is 8.56 Å². The molecule has 1 aromatic rings. The Labute approximate surface area is 149 Å². The topological polar surface area (TPSA) is 35.5 Å². The van der Waals surface area contributed by atoms with Gasteiger partial charge in [0.2, 0.25) is 0 Å². The SMILES string of the molecule is CCCCCCCCCCO[Si](C)(C)Oc1ccc(C(C)=O)cc1. The van der Waals surface area contributed by atoms with Gasteiger partial charge in [-0.05, 0) is 50.7 Å². The van der Waals surface area contributed by atoms with E-state index in [0.717, 1.165) is 18.8 Å². The third kappa shape index (κ3) is 9.23. The molecule has 0 N–H and O–H groups in total. The first-order valence-corrected chi connectivity index (χ1v) is 12.2. The second-order valence-electron chi connectivity index (χ2n) is 6.91. The van der Waals surface area contributed by atoms with Crippen LogP contribution in [0.2, 0.25) is 13.1 Å². The molecule has 0 aliphatic heterocycles. The lowest BCUT2D eigenvalue weighted by Gasteiger charge is -2.24. The molecule has 0 aliphatic carbocycles. The van der Waals surface area contributed by atoms with Crippen LogP contribution in [-0.4, -0.2) is 21.0 Å². The highest BCUT2D eigenvalue weighted by molar-refractivity contribution is 6.65. The van der Waals surface area contributed by atoms with Crippen molar-refractivity contribution in [3.8, 4) is 5.75 Å². The Balaban J connectivity index is 2.18. The van der Waals surface area contributed by atoms with Crippen molar-refractivity contribution < 1.29 is 13.6 Å². The number of ketones is 1. The van der Waals surface area contributed by atoms with Crippen LogP contribution in [0, 0.1) is 0 Å². The fourth-order valence-corrected chi connectivity index (χ4v) is 4.02. The number of benzene rings is 1. The third-order valence-electron chi connectivity index (χ3n) is 4.07. The molecule has 24 heavy (non-hydrogen) atoms. The monoisotopic (exact) mass is 350 g/mol. The first-order valence-electron chi connectivity index (χ1n) is 9.38. The van der Waals surface area contributed by atoms with Gasteiger partial charge in [-0.1, -0.05) is 51.9 Å². The number of unbranched alkanes of at least 4 members (excludes halogenated alkanes) is 7. The van der Waals surface area contributed by atoms with Crippen LogP contribution < -0.4 is 4.43 Å². The number of hydrogen-bond acceptors (Lipinski definition) is 3. The van der Waals surface area contributed by atoms with E-state index in [1.807, 2.05) is 12.1 Å². The maximum Gasteiger partial charge on any atom is 0.392 e. The van der Waals surface area contributed by atoms with E-state index in [2.05, 4.69) is 20.0 Å². The summed E-state index contributed by atoms with van der Waals surface area (Å²) in [5, 5.41) is 0. The van der Waals surface area contributed by atoms with Crippen molar-refractivity contribution in [2.75, 3.05) is 6.61 Å². The fraction of sp³-hybridized carbons (Fsp3) is 0.650. The van der Waals surface area contributed by atoms with Crippen LogP contribution in [0.5, 0.6) is 5.75 Å². The van der Waals surface area contributed by atoms with Crippen LogP contribution in [0.4, 0.5) is 0 Å². The van der Waals surface area contributed by atoms with Crippen LogP contribution in [0.1, 0.15) is 75.6 Å². The lowest BCUT2D eigenvalue weighted by molar-refractivity contribution is 0.101. The summed E-state index contributed by atoms with van der Waals surface area (Å²) in [6.07, 6.45) is 10.4. The first-order chi connectivity index (χ1) is 11.4. The van der Waals surface area contributed by atoms with E-state index in [0.29, 0.717) is 5.56 Å². The van der Waals surface area contributed by atoms with Gasteiger partial charge in [-0.25, -0.2) is 0 Å². The molecule has 0 saturated heterocycles. The van der Waals surface area contributed by atoms with Crippen molar-refractivity contribution in [2.45, 2.75) is 78.3 Å². The normalized spacial score (nSPS) is 11.5. The number of Topliss-reactive ketones (excluding diaryl/α,β-unsaturated/α-hetero) is 1. The van der Waals surface area contributed by atoms with E-state index in [1.54, 1.807) is 19.1 Å². The van der Waals surface area contributed by atoms with Gasteiger partial charge in [0.1, 0.15) is 5.75 Å². The van der Waals surface area contributed by atoms with E-state index >= 15 is 0 Å². The van der Waals surface area contributed by atoms with Gasteiger partial charge in [-0.3, -0.25) is 4.79 Å². The summed E-state index contributed by atoms with van der Waals surface area (Å²) in [5.41, 5.74) is 0.710. The van der Waals surface area contributed by atoms with Crippen molar-refractivity contribution >= 4 is 14.3 Å². The zero-order chi connectivity index (χ0) is 17.8. The maximum absolute atomic E-state index is 11.3. The summed E-state index contributed by atoms with van der Waals surface area (Å²) < 4.78 is 12.0. The zero-order valence-corrected chi connectivity index (χ0v) is 16.9. The lowest BCUT2D eigenvalue weighted by Crippen LogP contribution is -2.38. The second kappa shape index (κ2) is 11.4. The fourth-order valence-electron chi connectivity index (χ4n) is 2.62. The molecule has 0 saturated carbocycles. The number of hydrogen-bond donors (Lipinski definition) is 0. The third-order valence-corrected chi connectivity index (χ3v) is 5.70. The molecule has 0 unspecified atom stereocenters. The number of carbonyl (C=O) groups excluding carboxylic acids is 1. The van der Waals surface area contributed by atoms with Crippen LogP contribution >= 0.6 is 0 Å². The minimum atomic E-state index is -2.16. The summed E-state index contributed by atoms with van der Waals surface area (Å²) in [5.74, 6) is 0.858. The van der Waals surface area contributed by atoms with Crippen molar-refractivity contribution in [3.05, 3.63) is 29.8 Å². The van der Waals surface area contributed by atoms with Gasteiger partial charge in [0, 0.05) is 12.2 Å². The van der Waals surface area contributed by atoms with Gasteiger partial charge in [-0.2, -0.15) is 0 Å². The number of carbonyl (C=O) groups is 1. The molecule has 3 nitrogen and oxygen atoms in total. The first kappa shape index (κ1) is 20.9. The Morgan fingerprint density at radius 1 is 0.917 bits per heavy atom. The minimum absolute atomic E-state index is 0.0731. The molecule has 1 rings (SSSR count). The van der Waals surface area contributed by atoms with E-state index in [4.69, 9.17) is 8.85 Å². The van der Waals surface area contributed by atoms with Gasteiger partial charge >= 0.3 is 8.56 Å². The van der Waals surface area contributed by atoms with Crippen LogP contribution in [0.15, 0.2) is 24.3 Å². The zero-order valence-electron chi connectivity index (χ0n) is 15.9. The van der Waals surface area contributed by atoms with E-state index in [1.165, 1.54) is 44.9 Å². The van der Waals surface area contributed by atoms with Gasteiger partial charge < -0.3 is 8.85 Å². The number of rotatable bonds is 13. The summed E-state index contributed by atoms with van der Waals surface area (Å²) in [6, 6.07) is 7.32. The van der Waals surface area contributed by atoms with Crippen molar-refractivity contribution in [1.29, 1.82) is 0 Å². The Morgan fingerprint density at radius 3 is 2.00 bits per heavy atom. The van der Waals surface area contributed by atoms with Crippen LogP contribution in [0.25, 0.3) is 0 Å². The van der Waals surface area contributed by atoms with Gasteiger partial charge in [0.25, 0.3) is 0 Å². The van der Waals surface area contributed by atoms with E-state index in [-0.39, 0.29) is 5.78 Å². The van der Waals surface area contributed by atoms with Crippen molar-refractivity contribution in [1.82, 2.24) is 0 Å². The Hall–Kier alpha value is -1.13. The quantitative estimate of drug-likeness (QED) is 0.244. The van der Waals surface area contributed by atoms with Gasteiger partial charge in [0.05, 0.1) is 0 Å². The van der Waals surface area contributed by atoms with Crippen molar-refractivity contribution in [3.63, 3.8) is 0 Å². The standard InChI is InChI=1S/C20H34O3Si/c1-5-6-7-8-9-10-11-12-17-22-24(3,4)23-20-15-13-19(14-16-20)18(2)21/h13-16H,5-12,17H2,1-4H3. The molecule has 0 bridgehead atoms.